The molecule has 3 rings (SSSR count). The number of amides is 1. The van der Waals surface area contributed by atoms with Crippen molar-refractivity contribution in [2.75, 3.05) is 13.1 Å². The second-order valence-electron chi connectivity index (χ2n) is 5.90. The summed E-state index contributed by atoms with van der Waals surface area (Å²) in [5, 5.41) is 0. The molecule has 0 saturated heterocycles. The van der Waals surface area contributed by atoms with E-state index in [0.29, 0.717) is 30.8 Å². The van der Waals surface area contributed by atoms with Crippen molar-refractivity contribution in [3.05, 3.63) is 71.6 Å². The number of benzene rings is 1. The first-order valence-electron chi connectivity index (χ1n) is 7.98. The number of hydrogen-bond acceptors (Lipinski definition) is 2. The maximum Gasteiger partial charge on any atom is 0.416 e. The van der Waals surface area contributed by atoms with Gasteiger partial charge in [0.05, 0.1) is 12.0 Å². The Hall–Kier alpha value is -2.63. The quantitative estimate of drug-likeness (QED) is 0.843. The summed E-state index contributed by atoms with van der Waals surface area (Å²) in [7, 11) is 0. The van der Waals surface area contributed by atoms with Gasteiger partial charge < -0.3 is 4.90 Å². The molecule has 2 heterocycles. The number of hydrogen-bond donors (Lipinski definition) is 0. The number of pyridine rings is 1. The van der Waals surface area contributed by atoms with Crippen LogP contribution in [-0.4, -0.2) is 28.9 Å². The highest BCUT2D eigenvalue weighted by Crippen LogP contribution is 2.32. The summed E-state index contributed by atoms with van der Waals surface area (Å²) >= 11 is 0. The van der Waals surface area contributed by atoms with E-state index in [4.69, 9.17) is 0 Å². The lowest BCUT2D eigenvalue weighted by Crippen LogP contribution is -2.35. The van der Waals surface area contributed by atoms with Crippen LogP contribution in [0, 0.1) is 0 Å². The largest absolute Gasteiger partial charge is 0.416 e. The smallest absolute Gasteiger partial charge is 0.338 e. The molecule has 1 aromatic heterocycles. The van der Waals surface area contributed by atoms with Crippen molar-refractivity contribution in [1.29, 1.82) is 0 Å². The van der Waals surface area contributed by atoms with Crippen LogP contribution in [0.25, 0.3) is 5.57 Å². The number of alkyl halides is 3. The monoisotopic (exact) mass is 346 g/mol. The van der Waals surface area contributed by atoms with Crippen LogP contribution in [0.2, 0.25) is 0 Å². The van der Waals surface area contributed by atoms with E-state index in [9.17, 15) is 18.0 Å². The zero-order chi connectivity index (χ0) is 17.9. The first-order chi connectivity index (χ1) is 11.9. The van der Waals surface area contributed by atoms with Crippen molar-refractivity contribution in [2.24, 2.45) is 0 Å². The standard InChI is InChI=1S/C19H17F3N2O/c20-19(21,22)16-5-3-4-15(12-16)14-7-10-24(11-8-14)18(25)13-17-6-1-2-9-23-17/h1-7,9,12H,8,10-11,13H2. The van der Waals surface area contributed by atoms with Gasteiger partial charge in [0.15, 0.2) is 0 Å². The van der Waals surface area contributed by atoms with E-state index in [1.165, 1.54) is 6.07 Å². The van der Waals surface area contributed by atoms with Crippen LogP contribution < -0.4 is 0 Å². The Morgan fingerprint density at radius 3 is 2.64 bits per heavy atom. The molecule has 3 nitrogen and oxygen atoms in total. The van der Waals surface area contributed by atoms with Crippen LogP contribution in [0.15, 0.2) is 54.7 Å². The molecule has 25 heavy (non-hydrogen) atoms. The fraction of sp³-hybridized carbons (Fsp3) is 0.263. The van der Waals surface area contributed by atoms with Gasteiger partial charge in [-0.3, -0.25) is 9.78 Å². The fourth-order valence-corrected chi connectivity index (χ4v) is 2.82. The first kappa shape index (κ1) is 17.2. The molecular weight excluding hydrogens is 329 g/mol. The Morgan fingerprint density at radius 2 is 2.00 bits per heavy atom. The third-order valence-electron chi connectivity index (χ3n) is 4.18. The molecule has 2 aromatic rings. The molecule has 0 fully saturated rings. The van der Waals surface area contributed by atoms with Gasteiger partial charge in [-0.15, -0.1) is 0 Å². The van der Waals surface area contributed by atoms with Crippen molar-refractivity contribution >= 4 is 11.5 Å². The van der Waals surface area contributed by atoms with E-state index < -0.39 is 11.7 Å². The predicted octanol–water partition coefficient (Wildman–Crippen LogP) is 3.96. The highest BCUT2D eigenvalue weighted by atomic mass is 19.4. The summed E-state index contributed by atoms with van der Waals surface area (Å²) < 4.78 is 38.5. The van der Waals surface area contributed by atoms with Gasteiger partial charge in [-0.05, 0) is 41.8 Å². The SMILES string of the molecule is O=C(Cc1ccccn1)N1CC=C(c2cccc(C(F)(F)F)c2)CC1. The lowest BCUT2D eigenvalue weighted by atomic mass is 9.97. The Labute approximate surface area is 143 Å². The van der Waals surface area contributed by atoms with Crippen molar-refractivity contribution in [1.82, 2.24) is 9.88 Å². The summed E-state index contributed by atoms with van der Waals surface area (Å²) in [6.07, 6.45) is -0.113. The minimum Gasteiger partial charge on any atom is -0.338 e. The summed E-state index contributed by atoms with van der Waals surface area (Å²) in [5.41, 5.74) is 1.46. The van der Waals surface area contributed by atoms with Crippen LogP contribution in [-0.2, 0) is 17.4 Å². The molecule has 0 N–H and O–H groups in total. The minimum atomic E-state index is -4.35. The van der Waals surface area contributed by atoms with E-state index in [2.05, 4.69) is 4.98 Å². The summed E-state index contributed by atoms with van der Waals surface area (Å²) in [5.74, 6) is -0.0296. The number of nitrogens with zero attached hydrogens (tertiary/aromatic N) is 2. The number of carbonyl (C=O) groups excluding carboxylic acids is 1. The van der Waals surface area contributed by atoms with E-state index in [0.717, 1.165) is 17.7 Å². The lowest BCUT2D eigenvalue weighted by Gasteiger charge is -2.27. The fourth-order valence-electron chi connectivity index (χ4n) is 2.82. The zero-order valence-corrected chi connectivity index (χ0v) is 13.5. The van der Waals surface area contributed by atoms with Crippen molar-refractivity contribution in [3.8, 4) is 0 Å². The van der Waals surface area contributed by atoms with Gasteiger partial charge in [-0.25, -0.2) is 0 Å². The van der Waals surface area contributed by atoms with Crippen LogP contribution in [0.1, 0.15) is 23.2 Å². The second kappa shape index (κ2) is 7.09. The molecule has 0 bridgehead atoms. The molecule has 1 aliphatic rings. The van der Waals surface area contributed by atoms with Crippen molar-refractivity contribution in [2.45, 2.75) is 19.0 Å². The summed E-state index contributed by atoms with van der Waals surface area (Å²) in [4.78, 5) is 18.1. The predicted molar refractivity (Wildman–Crippen MR) is 88.6 cm³/mol. The Balaban J connectivity index is 1.67. The van der Waals surface area contributed by atoms with E-state index in [-0.39, 0.29) is 12.3 Å². The zero-order valence-electron chi connectivity index (χ0n) is 13.5. The average Bonchev–Trinajstić information content (AvgIpc) is 2.62. The number of halogens is 3. The van der Waals surface area contributed by atoms with Crippen LogP contribution in [0.5, 0.6) is 0 Å². The minimum absolute atomic E-state index is 0.0296. The van der Waals surface area contributed by atoms with Crippen molar-refractivity contribution < 1.29 is 18.0 Å². The normalized spacial score (nSPS) is 15.0. The third-order valence-corrected chi connectivity index (χ3v) is 4.18. The number of rotatable bonds is 3. The van der Waals surface area contributed by atoms with Gasteiger partial charge >= 0.3 is 6.18 Å². The molecule has 0 saturated carbocycles. The highest BCUT2D eigenvalue weighted by Gasteiger charge is 2.30. The molecule has 0 aliphatic carbocycles. The first-order valence-corrected chi connectivity index (χ1v) is 7.98. The van der Waals surface area contributed by atoms with Gasteiger partial charge in [-0.1, -0.05) is 24.3 Å². The van der Waals surface area contributed by atoms with Crippen LogP contribution in [0.4, 0.5) is 13.2 Å². The van der Waals surface area contributed by atoms with Gasteiger partial charge in [0.25, 0.3) is 0 Å². The molecule has 1 aliphatic heterocycles. The molecule has 0 radical (unpaired) electrons. The van der Waals surface area contributed by atoms with Gasteiger partial charge in [0, 0.05) is 25.0 Å². The van der Waals surface area contributed by atoms with Gasteiger partial charge in [0.1, 0.15) is 0 Å². The van der Waals surface area contributed by atoms with E-state index in [1.54, 1.807) is 29.3 Å². The molecule has 1 aromatic carbocycles. The third kappa shape index (κ3) is 4.26. The molecular formula is C19H17F3N2O. The Morgan fingerprint density at radius 1 is 1.16 bits per heavy atom. The number of carbonyl (C=O) groups is 1. The molecule has 130 valence electrons. The number of aromatic nitrogens is 1. The summed E-state index contributed by atoms with van der Waals surface area (Å²) in [6.45, 7) is 0.894. The van der Waals surface area contributed by atoms with Crippen LogP contribution in [0.3, 0.4) is 0 Å². The van der Waals surface area contributed by atoms with E-state index >= 15 is 0 Å². The maximum atomic E-state index is 12.8. The summed E-state index contributed by atoms with van der Waals surface area (Å²) in [6, 6.07) is 10.7. The molecule has 0 spiro atoms. The Kier molecular flexibility index (Phi) is 4.88. The van der Waals surface area contributed by atoms with Gasteiger partial charge in [0.2, 0.25) is 5.91 Å². The highest BCUT2D eigenvalue weighted by molar-refractivity contribution is 5.80. The van der Waals surface area contributed by atoms with Crippen LogP contribution >= 0.6 is 0 Å². The van der Waals surface area contributed by atoms with Gasteiger partial charge in [-0.2, -0.15) is 13.2 Å². The molecule has 0 atom stereocenters. The maximum absolute atomic E-state index is 12.8. The molecule has 6 heteroatoms. The van der Waals surface area contributed by atoms with Crippen molar-refractivity contribution in [3.63, 3.8) is 0 Å². The average molecular weight is 346 g/mol. The second-order valence-corrected chi connectivity index (χ2v) is 5.90. The topological polar surface area (TPSA) is 33.2 Å². The molecule has 0 unspecified atom stereocenters. The Bertz CT molecular complexity index is 785. The molecule has 1 amide bonds. The van der Waals surface area contributed by atoms with E-state index in [1.807, 2.05) is 12.1 Å². The lowest BCUT2D eigenvalue weighted by molar-refractivity contribution is -0.137.